The fraction of sp³-hybridized carbons (Fsp3) is 0.632. The van der Waals surface area contributed by atoms with Gasteiger partial charge >= 0.3 is 5.97 Å². The van der Waals surface area contributed by atoms with Crippen molar-refractivity contribution in [2.24, 2.45) is 11.8 Å². The second-order valence-electron chi connectivity index (χ2n) is 7.28. The highest BCUT2D eigenvalue weighted by Gasteiger charge is 2.55. The molecule has 4 heterocycles. The van der Waals surface area contributed by atoms with Crippen molar-refractivity contribution in [2.75, 3.05) is 14.2 Å². The largest absolute Gasteiger partial charge is 0.481 e. The number of carbonyl (C=O) groups excluding carboxylic acids is 2. The van der Waals surface area contributed by atoms with Gasteiger partial charge < -0.3 is 24.1 Å². The molecule has 1 N–H and O–H groups in total. The van der Waals surface area contributed by atoms with Crippen molar-refractivity contribution >= 4 is 18.0 Å². The minimum absolute atomic E-state index is 0.0530. The predicted octanol–water partition coefficient (Wildman–Crippen LogP) is 0.892. The number of aldehydes is 1. The third-order valence-corrected chi connectivity index (χ3v) is 5.58. The SMILES string of the molecule is COC(OC)C12C=CC(O1)C(C(C)=O)C2.O=CC12C=CC(O1)C(C(=O)O)C2. The van der Waals surface area contributed by atoms with Crippen molar-refractivity contribution in [2.45, 2.75) is 49.5 Å². The summed E-state index contributed by atoms with van der Waals surface area (Å²) in [7, 11) is 3.16. The number of hydrogen-bond donors (Lipinski definition) is 1. The summed E-state index contributed by atoms with van der Waals surface area (Å²) in [5.74, 6) is -1.34. The van der Waals surface area contributed by atoms with Gasteiger partial charge in [-0.15, -0.1) is 0 Å². The van der Waals surface area contributed by atoms with Gasteiger partial charge in [-0.1, -0.05) is 12.2 Å². The molecule has 0 amide bonds. The molecule has 8 nitrogen and oxygen atoms in total. The molecule has 0 saturated carbocycles. The Morgan fingerprint density at radius 2 is 1.74 bits per heavy atom. The molecule has 0 aromatic carbocycles. The van der Waals surface area contributed by atoms with E-state index in [2.05, 4.69) is 0 Å². The van der Waals surface area contributed by atoms with E-state index < -0.39 is 35.5 Å². The molecule has 4 aliphatic heterocycles. The van der Waals surface area contributed by atoms with E-state index in [1.165, 1.54) is 0 Å². The molecule has 0 aromatic heterocycles. The average Bonchev–Trinajstić information content (AvgIpc) is 3.41. The molecule has 2 fully saturated rings. The van der Waals surface area contributed by atoms with E-state index in [4.69, 9.17) is 24.1 Å². The molecule has 0 aromatic rings. The minimum Gasteiger partial charge on any atom is -0.481 e. The van der Waals surface area contributed by atoms with E-state index in [0.717, 1.165) is 0 Å². The minimum atomic E-state index is -0.937. The van der Waals surface area contributed by atoms with Crippen LogP contribution in [0.5, 0.6) is 0 Å². The van der Waals surface area contributed by atoms with Gasteiger partial charge in [-0.2, -0.15) is 0 Å². The summed E-state index contributed by atoms with van der Waals surface area (Å²) in [4.78, 5) is 32.6. The van der Waals surface area contributed by atoms with E-state index in [1.54, 1.807) is 33.3 Å². The first kappa shape index (κ1) is 19.9. The standard InChI is InChI=1S/C11H16O4.C8H8O4/c1-7(12)8-6-11(10(13-2)14-3)5-4-9(8)15-11;9-4-8-2-1-6(12-8)5(3-8)7(10)11/h4-5,8-10H,6H2,1-3H3;1-2,4-6H,3H2,(H,10,11). The lowest BCUT2D eigenvalue weighted by Gasteiger charge is -2.30. The Bertz CT molecular complexity index is 681. The number of carboxylic acid groups (broad SMARTS) is 1. The molecule has 0 radical (unpaired) electrons. The van der Waals surface area contributed by atoms with Gasteiger partial charge in [0.25, 0.3) is 0 Å². The van der Waals surface area contributed by atoms with Crippen molar-refractivity contribution in [1.82, 2.24) is 0 Å². The highest BCUT2D eigenvalue weighted by atomic mass is 16.7. The molecule has 148 valence electrons. The molecule has 4 bridgehead atoms. The molecule has 4 rings (SSSR count). The second kappa shape index (κ2) is 7.27. The Hall–Kier alpha value is -1.87. The lowest BCUT2D eigenvalue weighted by molar-refractivity contribution is -0.199. The number of hydrogen-bond acceptors (Lipinski definition) is 7. The van der Waals surface area contributed by atoms with Gasteiger partial charge in [-0.25, -0.2) is 0 Å². The van der Waals surface area contributed by atoms with Crippen LogP contribution in [0.1, 0.15) is 19.8 Å². The molecule has 6 unspecified atom stereocenters. The van der Waals surface area contributed by atoms with Gasteiger partial charge in [0.2, 0.25) is 0 Å². The zero-order valence-electron chi connectivity index (χ0n) is 15.5. The Morgan fingerprint density at radius 1 is 1.11 bits per heavy atom. The quantitative estimate of drug-likeness (QED) is 0.411. The molecule has 2 saturated heterocycles. The van der Waals surface area contributed by atoms with E-state index in [9.17, 15) is 14.4 Å². The summed E-state index contributed by atoms with van der Waals surface area (Å²) in [5, 5.41) is 8.72. The second-order valence-corrected chi connectivity index (χ2v) is 7.28. The first-order chi connectivity index (χ1) is 12.8. The number of carbonyl (C=O) groups is 3. The smallest absolute Gasteiger partial charge is 0.309 e. The fourth-order valence-electron chi connectivity index (χ4n) is 4.21. The number of fused-ring (bicyclic) bond motifs is 4. The Kier molecular flexibility index (Phi) is 5.36. The lowest BCUT2D eigenvalue weighted by atomic mass is 9.84. The zero-order valence-corrected chi connectivity index (χ0v) is 15.5. The molecule has 0 aliphatic carbocycles. The molecule has 0 spiro atoms. The van der Waals surface area contributed by atoms with Crippen LogP contribution in [-0.2, 0) is 33.3 Å². The van der Waals surface area contributed by atoms with Gasteiger partial charge in [0.15, 0.2) is 12.6 Å². The summed E-state index contributed by atoms with van der Waals surface area (Å²) in [5.41, 5.74) is -1.50. The molecular weight excluding hydrogens is 356 g/mol. The monoisotopic (exact) mass is 380 g/mol. The Labute approximate surface area is 157 Å². The van der Waals surface area contributed by atoms with Crippen LogP contribution in [-0.4, -0.2) is 67.1 Å². The van der Waals surface area contributed by atoms with Gasteiger partial charge in [-0.05, 0) is 25.5 Å². The van der Waals surface area contributed by atoms with Crippen LogP contribution in [0.2, 0.25) is 0 Å². The van der Waals surface area contributed by atoms with Crippen molar-refractivity contribution < 1.29 is 38.4 Å². The van der Waals surface area contributed by atoms with E-state index in [0.29, 0.717) is 12.7 Å². The van der Waals surface area contributed by atoms with Crippen LogP contribution in [0, 0.1) is 11.8 Å². The first-order valence-corrected chi connectivity index (χ1v) is 8.79. The molecule has 8 heteroatoms. The van der Waals surface area contributed by atoms with Crippen molar-refractivity contribution in [3.8, 4) is 0 Å². The van der Waals surface area contributed by atoms with E-state index in [1.807, 2.05) is 12.2 Å². The first-order valence-electron chi connectivity index (χ1n) is 8.79. The number of ether oxygens (including phenoxy) is 4. The van der Waals surface area contributed by atoms with Gasteiger partial charge in [0.05, 0.1) is 24.0 Å². The normalized spacial score (nSPS) is 40.3. The third kappa shape index (κ3) is 3.38. The summed E-state index contributed by atoms with van der Waals surface area (Å²) in [6.07, 6.45) is 7.82. The zero-order chi connectivity index (χ0) is 19.8. The summed E-state index contributed by atoms with van der Waals surface area (Å²) in [6, 6.07) is 0. The fourth-order valence-corrected chi connectivity index (χ4v) is 4.21. The van der Waals surface area contributed by atoms with E-state index >= 15 is 0 Å². The average molecular weight is 380 g/mol. The number of Topliss-reactive ketones (excluding diaryl/α,β-unsaturated/α-hetero) is 1. The Morgan fingerprint density at radius 3 is 2.19 bits per heavy atom. The Balaban J connectivity index is 0.000000159. The molecule has 4 aliphatic rings. The lowest BCUT2D eigenvalue weighted by Crippen LogP contribution is -2.42. The third-order valence-electron chi connectivity index (χ3n) is 5.58. The van der Waals surface area contributed by atoms with Crippen LogP contribution in [0.4, 0.5) is 0 Å². The van der Waals surface area contributed by atoms with E-state index in [-0.39, 0.29) is 24.2 Å². The number of methoxy groups -OCH3 is 2. The van der Waals surface area contributed by atoms with Crippen LogP contribution in [0.25, 0.3) is 0 Å². The number of aliphatic carboxylic acids is 1. The van der Waals surface area contributed by atoms with Crippen LogP contribution in [0.15, 0.2) is 24.3 Å². The van der Waals surface area contributed by atoms with Crippen LogP contribution < -0.4 is 0 Å². The van der Waals surface area contributed by atoms with Crippen molar-refractivity contribution in [3.63, 3.8) is 0 Å². The summed E-state index contributed by atoms with van der Waals surface area (Å²) >= 11 is 0. The molecule has 27 heavy (non-hydrogen) atoms. The number of carboxylic acids is 1. The van der Waals surface area contributed by atoms with Gasteiger partial charge in [0.1, 0.15) is 17.0 Å². The van der Waals surface area contributed by atoms with Gasteiger partial charge in [0, 0.05) is 20.6 Å². The van der Waals surface area contributed by atoms with Crippen molar-refractivity contribution in [3.05, 3.63) is 24.3 Å². The topological polar surface area (TPSA) is 108 Å². The van der Waals surface area contributed by atoms with Crippen molar-refractivity contribution in [1.29, 1.82) is 0 Å². The predicted molar refractivity (Wildman–Crippen MR) is 91.9 cm³/mol. The number of rotatable bonds is 6. The maximum absolute atomic E-state index is 11.4. The summed E-state index contributed by atoms with van der Waals surface area (Å²) < 4.78 is 21.5. The molecular formula is C19H24O8. The highest BCUT2D eigenvalue weighted by molar-refractivity contribution is 5.80. The number of ketones is 1. The maximum Gasteiger partial charge on any atom is 0.309 e. The van der Waals surface area contributed by atoms with Crippen LogP contribution in [0.3, 0.4) is 0 Å². The summed E-state index contributed by atoms with van der Waals surface area (Å²) in [6.45, 7) is 1.60. The molecule has 6 atom stereocenters. The van der Waals surface area contributed by atoms with Gasteiger partial charge in [-0.3, -0.25) is 14.4 Å². The highest BCUT2D eigenvalue weighted by Crippen LogP contribution is 2.45. The van der Waals surface area contributed by atoms with Crippen LogP contribution >= 0.6 is 0 Å². The maximum atomic E-state index is 11.4.